The van der Waals surface area contributed by atoms with Crippen molar-refractivity contribution in [2.45, 2.75) is 20.4 Å². The van der Waals surface area contributed by atoms with Gasteiger partial charge in [0.15, 0.2) is 4.20 Å². The van der Waals surface area contributed by atoms with Crippen molar-refractivity contribution in [1.82, 2.24) is 5.32 Å². The number of nitrogens with one attached hydrogen (secondary N) is 1. The lowest BCUT2D eigenvalue weighted by molar-refractivity contribution is 0.828. The molecule has 1 nitrogen and oxygen atoms in total. The molecular weight excluding hydrogens is 829 g/mol. The third kappa shape index (κ3) is 8.07. The monoisotopic (exact) mass is 861 g/mol. The summed E-state index contributed by atoms with van der Waals surface area (Å²) in [7, 11) is 0. The smallest absolute Gasteiger partial charge is 0.171 e. The first kappa shape index (κ1) is 38.1. The molecule has 0 saturated carbocycles. The minimum absolute atomic E-state index is 0.677. The largest absolute Gasteiger partial charge is 0.352 e. The van der Waals surface area contributed by atoms with Crippen LogP contribution in [0.2, 0.25) is 0 Å². The fourth-order valence-electron chi connectivity index (χ4n) is 6.74. The van der Waals surface area contributed by atoms with E-state index in [1.165, 1.54) is 58.2 Å². The molecule has 2 unspecified atom stereocenters. The van der Waals surface area contributed by atoms with Crippen LogP contribution in [-0.2, 0) is 27.8 Å². The number of rotatable bonds is 13. The Labute approximate surface area is 350 Å². The van der Waals surface area contributed by atoms with Gasteiger partial charge in [-0.2, -0.15) is 0 Å². The average molecular weight is 862 g/mol. The minimum atomic E-state index is -2.29. The van der Waals surface area contributed by atoms with Gasteiger partial charge in [0.2, 0.25) is 0 Å². The highest BCUT2D eigenvalue weighted by Crippen LogP contribution is 2.72. The lowest BCUT2D eigenvalue weighted by atomic mass is 10.0. The first-order valence-corrected chi connectivity index (χ1v) is 27.7. The van der Waals surface area contributed by atoms with E-state index in [0.717, 1.165) is 22.9 Å². The second kappa shape index (κ2) is 17.2. The molecule has 0 fully saturated rings. The van der Waals surface area contributed by atoms with Gasteiger partial charge < -0.3 is 5.32 Å². The summed E-state index contributed by atoms with van der Waals surface area (Å²) >= 11 is 26.1. The molecule has 8 rings (SSSR count). The highest BCUT2D eigenvalue weighted by Gasteiger charge is 2.37. The number of benzene rings is 8. The normalized spacial score (nSPS) is 13.9. The van der Waals surface area contributed by atoms with Crippen molar-refractivity contribution >= 4 is 146 Å². The van der Waals surface area contributed by atoms with E-state index in [9.17, 15) is 0 Å². The number of hydrogen-bond donors (Lipinski definition) is 1. The third-order valence-corrected chi connectivity index (χ3v) is 24.4. The number of thioether (sulfide) groups is 1. The zero-order chi connectivity index (χ0) is 37.0. The molecule has 8 aromatic rings. The van der Waals surface area contributed by atoms with Crippen LogP contribution in [0.5, 0.6) is 0 Å². The van der Waals surface area contributed by atoms with Crippen molar-refractivity contribution in [3.05, 3.63) is 175 Å². The molecule has 2 atom stereocenters. The minimum Gasteiger partial charge on any atom is -0.352 e. The number of fused-ring (bicyclic) bond motifs is 4. The van der Waals surface area contributed by atoms with E-state index in [1.807, 2.05) is 22.8 Å². The van der Waals surface area contributed by atoms with Gasteiger partial charge >= 0.3 is 0 Å². The molecule has 0 radical (unpaired) electrons. The maximum atomic E-state index is 6.86. The van der Waals surface area contributed by atoms with Gasteiger partial charge in [0.05, 0.1) is 9.43 Å². The van der Waals surface area contributed by atoms with Crippen molar-refractivity contribution in [1.29, 1.82) is 0 Å². The van der Waals surface area contributed by atoms with Gasteiger partial charge in [0.25, 0.3) is 0 Å². The van der Waals surface area contributed by atoms with E-state index < -0.39 is 8.64 Å². The Morgan fingerprint density at radius 1 is 0.574 bits per heavy atom. The maximum absolute atomic E-state index is 6.86. The van der Waals surface area contributed by atoms with Crippen LogP contribution in [-0.4, -0.2) is 10.7 Å². The molecule has 0 aliphatic heterocycles. The molecular formula is C44H33NP2S7. The summed E-state index contributed by atoms with van der Waals surface area (Å²) in [6, 6.07) is 60.5. The van der Waals surface area contributed by atoms with E-state index >= 15 is 0 Å². The van der Waals surface area contributed by atoms with Gasteiger partial charge in [0.1, 0.15) is 0 Å². The SMILES string of the molecule is S=PSC(NC(=S)CCSP(=S)(Sc1cccc2ccccc12)c1cccc2ccccc12)(Sc1cccc2ccccc12)c1cccc2ccccc12. The van der Waals surface area contributed by atoms with Gasteiger partial charge in [-0.25, -0.2) is 0 Å². The first-order chi connectivity index (χ1) is 26.5. The van der Waals surface area contributed by atoms with Gasteiger partial charge in [-0.15, -0.1) is 11.4 Å². The zero-order valence-electron chi connectivity index (χ0n) is 28.8. The van der Waals surface area contributed by atoms with Crippen molar-refractivity contribution in [3.63, 3.8) is 0 Å². The Morgan fingerprint density at radius 2 is 1.06 bits per heavy atom. The first-order valence-electron chi connectivity index (χ1n) is 17.3. The van der Waals surface area contributed by atoms with Gasteiger partial charge in [-0.1, -0.05) is 205 Å². The second-order valence-electron chi connectivity index (χ2n) is 12.6. The standard InChI is InChI=1S/C44H33NP2S7/c48-43(29-30-51-47(50,40-26-10-18-32-14-2-6-22-36(32)40)53-42-28-12-20-34-16-4-8-24-38(34)42)45-44(54-46-49,39-25-9-17-31-13-1-5-21-35(31)39)52-41-27-11-19-33-15-3-7-23-37(33)41/h1-28H,29-30H2,(H,45,48). The van der Waals surface area contributed by atoms with E-state index in [-0.39, 0.29) is 0 Å². The molecule has 54 heavy (non-hydrogen) atoms. The Kier molecular flexibility index (Phi) is 12.1. The van der Waals surface area contributed by atoms with Crippen molar-refractivity contribution in [2.75, 3.05) is 5.75 Å². The summed E-state index contributed by atoms with van der Waals surface area (Å²) in [5, 5.41) is 14.9. The maximum Gasteiger partial charge on any atom is 0.171 e. The number of thiocarbonyl (C=S) groups is 1. The van der Waals surface area contributed by atoms with Crippen molar-refractivity contribution < 1.29 is 0 Å². The molecule has 0 bridgehead atoms. The van der Waals surface area contributed by atoms with Crippen LogP contribution in [0.4, 0.5) is 0 Å². The summed E-state index contributed by atoms with van der Waals surface area (Å²) in [6.45, 7) is 0.778. The Morgan fingerprint density at radius 3 is 1.70 bits per heavy atom. The molecule has 0 amide bonds. The van der Waals surface area contributed by atoms with Gasteiger partial charge in [0, 0.05) is 39.4 Å². The molecule has 0 saturated heterocycles. The quantitative estimate of drug-likeness (QED) is 0.0526. The molecule has 10 heteroatoms. The van der Waals surface area contributed by atoms with Crippen LogP contribution in [0.15, 0.2) is 180 Å². The third-order valence-electron chi connectivity index (χ3n) is 9.24. The van der Waals surface area contributed by atoms with Crippen LogP contribution < -0.4 is 10.6 Å². The fourth-order valence-corrected chi connectivity index (χ4v) is 22.4. The summed E-state index contributed by atoms with van der Waals surface area (Å²) in [5.74, 6) is 0.783. The fraction of sp³-hybridized carbons (Fsp3) is 0.0682. The summed E-state index contributed by atoms with van der Waals surface area (Å²) in [5.41, 5.74) is 1.16. The lowest BCUT2D eigenvalue weighted by Gasteiger charge is -2.35. The van der Waals surface area contributed by atoms with E-state index in [4.69, 9.17) is 35.8 Å². The molecule has 266 valence electrons. The van der Waals surface area contributed by atoms with Crippen LogP contribution >= 0.6 is 69.1 Å². The second-order valence-corrected chi connectivity index (χ2v) is 29.0. The van der Waals surface area contributed by atoms with E-state index in [0.29, 0.717) is 6.42 Å². The number of hydrogen-bond acceptors (Lipinski definition) is 7. The highest BCUT2D eigenvalue weighted by molar-refractivity contribution is 9.02. The Balaban J connectivity index is 1.14. The molecule has 0 heterocycles. The molecule has 0 aromatic heterocycles. The molecule has 0 aliphatic carbocycles. The average Bonchev–Trinajstić information content (AvgIpc) is 3.21. The van der Waals surface area contributed by atoms with E-state index in [2.05, 4.69) is 175 Å². The summed E-state index contributed by atoms with van der Waals surface area (Å²) < 4.78 is -2.96. The Hall–Kier alpha value is -2.74. The molecule has 0 aliphatic rings. The predicted octanol–water partition coefficient (Wildman–Crippen LogP) is 14.7. The zero-order valence-corrected chi connectivity index (χ0v) is 36.3. The molecule has 1 N–H and O–H groups in total. The molecule has 0 spiro atoms. The topological polar surface area (TPSA) is 12.0 Å². The van der Waals surface area contributed by atoms with Crippen LogP contribution in [0.25, 0.3) is 43.1 Å². The molecule has 8 aromatic carbocycles. The van der Waals surface area contributed by atoms with Crippen LogP contribution in [0.3, 0.4) is 0 Å². The van der Waals surface area contributed by atoms with E-state index in [1.54, 1.807) is 23.1 Å². The summed E-state index contributed by atoms with van der Waals surface area (Å²) in [6.07, 6.45) is 0.677. The van der Waals surface area contributed by atoms with Crippen LogP contribution in [0, 0.1) is 0 Å². The van der Waals surface area contributed by atoms with Gasteiger partial charge in [-0.05, 0) is 78.4 Å². The van der Waals surface area contributed by atoms with Gasteiger partial charge in [-0.3, -0.25) is 0 Å². The predicted molar refractivity (Wildman–Crippen MR) is 258 cm³/mol. The lowest BCUT2D eigenvalue weighted by Crippen LogP contribution is -2.39. The van der Waals surface area contributed by atoms with Crippen molar-refractivity contribution in [3.8, 4) is 0 Å². The Bertz CT molecular complexity index is 2700. The van der Waals surface area contributed by atoms with Crippen LogP contribution in [0.1, 0.15) is 12.0 Å². The highest BCUT2D eigenvalue weighted by atomic mass is 33.2. The summed E-state index contributed by atoms with van der Waals surface area (Å²) in [4.78, 5) is 3.19. The van der Waals surface area contributed by atoms with Crippen molar-refractivity contribution in [2.24, 2.45) is 0 Å².